The number of hydrogen-bond acceptors (Lipinski definition) is 5. The fraction of sp³-hybridized carbons (Fsp3) is 0.0909. The first-order valence-electron chi connectivity index (χ1n) is 8.83. The van der Waals surface area contributed by atoms with Crippen molar-refractivity contribution in [1.29, 1.82) is 0 Å². The Morgan fingerprint density at radius 2 is 1.82 bits per heavy atom. The standard InChI is InChI=1S/C22H21N5O/c1-23-22(26-16-18-10-5-6-13-24-18)21-19(17-8-3-2-4-9-17)11-7-12-20(21)25-14-15-27-28/h2-15,28H,16H2,1H3,(H,23,26)/b25-14+,27-15+. The van der Waals surface area contributed by atoms with Crippen LogP contribution in [0.1, 0.15) is 11.3 Å². The maximum atomic E-state index is 8.65. The molecule has 3 aromatic rings. The summed E-state index contributed by atoms with van der Waals surface area (Å²) in [5.41, 5.74) is 4.57. The highest BCUT2D eigenvalue weighted by Crippen LogP contribution is 2.31. The van der Waals surface area contributed by atoms with Crippen molar-refractivity contribution in [3.8, 4) is 11.1 Å². The van der Waals surface area contributed by atoms with Crippen molar-refractivity contribution in [3.63, 3.8) is 0 Å². The molecule has 0 fully saturated rings. The lowest BCUT2D eigenvalue weighted by atomic mass is 9.97. The second-order valence-corrected chi connectivity index (χ2v) is 5.86. The molecule has 6 nitrogen and oxygen atoms in total. The maximum absolute atomic E-state index is 8.65. The fourth-order valence-electron chi connectivity index (χ4n) is 2.85. The zero-order valence-electron chi connectivity index (χ0n) is 15.5. The molecule has 0 atom stereocenters. The van der Waals surface area contributed by atoms with Gasteiger partial charge in [-0.05, 0) is 29.3 Å². The van der Waals surface area contributed by atoms with Gasteiger partial charge in [-0.2, -0.15) is 0 Å². The highest BCUT2D eigenvalue weighted by atomic mass is 16.4. The lowest BCUT2D eigenvalue weighted by Gasteiger charge is -2.16. The first-order chi connectivity index (χ1) is 13.8. The molecule has 140 valence electrons. The molecule has 3 rings (SSSR count). The summed E-state index contributed by atoms with van der Waals surface area (Å²) in [5, 5.41) is 15.0. The van der Waals surface area contributed by atoms with E-state index in [1.54, 1.807) is 13.2 Å². The van der Waals surface area contributed by atoms with E-state index in [0.717, 1.165) is 28.1 Å². The summed E-state index contributed by atoms with van der Waals surface area (Å²) in [4.78, 5) is 13.3. The molecule has 2 N–H and O–H groups in total. The summed E-state index contributed by atoms with van der Waals surface area (Å²) < 4.78 is 0. The Bertz CT molecular complexity index is 982. The molecule has 0 saturated heterocycles. The maximum Gasteiger partial charge on any atom is 0.131 e. The second-order valence-electron chi connectivity index (χ2n) is 5.86. The van der Waals surface area contributed by atoms with Gasteiger partial charge < -0.3 is 10.5 Å². The first kappa shape index (κ1) is 19.0. The third-order valence-electron chi connectivity index (χ3n) is 4.10. The summed E-state index contributed by atoms with van der Waals surface area (Å²) in [7, 11) is 1.74. The highest BCUT2D eigenvalue weighted by molar-refractivity contribution is 6.17. The van der Waals surface area contributed by atoms with E-state index in [4.69, 9.17) is 5.21 Å². The molecule has 0 amide bonds. The third-order valence-corrected chi connectivity index (χ3v) is 4.10. The van der Waals surface area contributed by atoms with Crippen molar-refractivity contribution in [2.45, 2.75) is 6.54 Å². The number of nitrogens with one attached hydrogen (secondary N) is 1. The number of pyridine rings is 1. The van der Waals surface area contributed by atoms with Crippen molar-refractivity contribution in [1.82, 2.24) is 10.3 Å². The quantitative estimate of drug-likeness (QED) is 0.296. The number of oxime groups is 1. The minimum Gasteiger partial charge on any atom is -0.411 e. The summed E-state index contributed by atoms with van der Waals surface area (Å²) >= 11 is 0. The molecule has 28 heavy (non-hydrogen) atoms. The van der Waals surface area contributed by atoms with Crippen LogP contribution in [0, 0.1) is 0 Å². The summed E-state index contributed by atoms with van der Waals surface area (Å²) in [6, 6.07) is 21.8. The van der Waals surface area contributed by atoms with Gasteiger partial charge >= 0.3 is 0 Å². The number of aromatic nitrogens is 1. The van der Waals surface area contributed by atoms with E-state index in [-0.39, 0.29) is 0 Å². The lowest BCUT2D eigenvalue weighted by molar-refractivity contribution is 0.322. The van der Waals surface area contributed by atoms with Crippen LogP contribution in [0.3, 0.4) is 0 Å². The number of amidine groups is 1. The molecule has 1 aromatic heterocycles. The van der Waals surface area contributed by atoms with E-state index in [2.05, 4.69) is 25.4 Å². The highest BCUT2D eigenvalue weighted by Gasteiger charge is 2.15. The zero-order valence-corrected chi connectivity index (χ0v) is 15.5. The van der Waals surface area contributed by atoms with Gasteiger partial charge in [-0.3, -0.25) is 15.0 Å². The average Bonchev–Trinajstić information content (AvgIpc) is 2.76. The van der Waals surface area contributed by atoms with E-state index in [9.17, 15) is 0 Å². The van der Waals surface area contributed by atoms with Gasteiger partial charge in [0.1, 0.15) is 5.84 Å². The minimum atomic E-state index is 0.540. The molecule has 0 aliphatic carbocycles. The normalized spacial score (nSPS) is 12.0. The summed E-state index contributed by atoms with van der Waals surface area (Å²) in [5.74, 6) is 0.707. The Morgan fingerprint density at radius 3 is 2.54 bits per heavy atom. The Morgan fingerprint density at radius 1 is 1.00 bits per heavy atom. The number of rotatable bonds is 6. The largest absolute Gasteiger partial charge is 0.411 e. The van der Waals surface area contributed by atoms with Crippen LogP contribution >= 0.6 is 0 Å². The van der Waals surface area contributed by atoms with E-state index in [1.165, 1.54) is 12.4 Å². The van der Waals surface area contributed by atoms with Gasteiger partial charge in [0, 0.05) is 25.0 Å². The van der Waals surface area contributed by atoms with Crippen molar-refractivity contribution in [2.75, 3.05) is 7.05 Å². The van der Waals surface area contributed by atoms with Crippen molar-refractivity contribution >= 4 is 24.0 Å². The van der Waals surface area contributed by atoms with Gasteiger partial charge in [-0.15, -0.1) is 0 Å². The van der Waals surface area contributed by atoms with Gasteiger partial charge in [0.05, 0.1) is 24.1 Å². The van der Waals surface area contributed by atoms with Crippen LogP contribution < -0.4 is 5.32 Å². The number of hydrogen-bond donors (Lipinski definition) is 2. The fourth-order valence-corrected chi connectivity index (χ4v) is 2.85. The van der Waals surface area contributed by atoms with E-state index >= 15 is 0 Å². The number of aliphatic imine (C=N–C) groups is 2. The van der Waals surface area contributed by atoms with Crippen LogP contribution in [0.25, 0.3) is 11.1 Å². The van der Waals surface area contributed by atoms with Gasteiger partial charge in [-0.25, -0.2) is 0 Å². The minimum absolute atomic E-state index is 0.540. The number of benzene rings is 2. The smallest absolute Gasteiger partial charge is 0.131 e. The van der Waals surface area contributed by atoms with Crippen molar-refractivity contribution in [3.05, 3.63) is 84.2 Å². The van der Waals surface area contributed by atoms with Gasteiger partial charge in [-0.1, -0.05) is 53.7 Å². The van der Waals surface area contributed by atoms with Gasteiger partial charge in [0.2, 0.25) is 0 Å². The molecule has 0 bridgehead atoms. The van der Waals surface area contributed by atoms with Gasteiger partial charge in [0.15, 0.2) is 0 Å². The molecule has 0 aliphatic heterocycles. The van der Waals surface area contributed by atoms with E-state index in [1.807, 2.05) is 66.7 Å². The van der Waals surface area contributed by atoms with Crippen molar-refractivity contribution in [2.24, 2.45) is 15.1 Å². The predicted octanol–water partition coefficient (Wildman–Crippen LogP) is 4.08. The van der Waals surface area contributed by atoms with Gasteiger partial charge in [0.25, 0.3) is 0 Å². The average molecular weight is 371 g/mol. The SMILES string of the molecule is C/N=C(/NCc1ccccn1)c1c(/N=C/C=N/O)cccc1-c1ccccc1. The molecule has 0 unspecified atom stereocenters. The molecular weight excluding hydrogens is 350 g/mol. The van der Waals surface area contributed by atoms with E-state index in [0.29, 0.717) is 12.4 Å². The summed E-state index contributed by atoms with van der Waals surface area (Å²) in [6.45, 7) is 0.540. The van der Waals surface area contributed by atoms with Crippen LogP contribution in [0.15, 0.2) is 88.1 Å². The summed E-state index contributed by atoms with van der Waals surface area (Å²) in [6.07, 6.45) is 4.43. The molecule has 0 aliphatic rings. The molecule has 0 radical (unpaired) electrons. The van der Waals surface area contributed by atoms with E-state index < -0.39 is 0 Å². The van der Waals surface area contributed by atoms with Crippen LogP contribution in [0.4, 0.5) is 5.69 Å². The first-order valence-corrected chi connectivity index (χ1v) is 8.83. The topological polar surface area (TPSA) is 82.2 Å². The number of nitrogens with zero attached hydrogens (tertiary/aromatic N) is 4. The predicted molar refractivity (Wildman–Crippen MR) is 114 cm³/mol. The monoisotopic (exact) mass is 371 g/mol. The second kappa shape index (κ2) is 9.78. The zero-order chi connectivity index (χ0) is 19.6. The molecule has 2 aromatic carbocycles. The molecule has 0 saturated carbocycles. The van der Waals surface area contributed by atoms with Crippen LogP contribution in [0.2, 0.25) is 0 Å². The Balaban J connectivity index is 2.04. The molecule has 0 spiro atoms. The third kappa shape index (κ3) is 4.67. The molecule has 1 heterocycles. The van der Waals surface area contributed by atoms with Crippen LogP contribution in [-0.2, 0) is 6.54 Å². The molecular formula is C22H21N5O. The van der Waals surface area contributed by atoms with Crippen LogP contribution in [-0.4, -0.2) is 35.5 Å². The Labute approximate surface area is 164 Å². The Kier molecular flexibility index (Phi) is 6.62. The molecule has 6 heteroatoms. The Hall–Kier alpha value is -3.80. The lowest BCUT2D eigenvalue weighted by Crippen LogP contribution is -2.25. The van der Waals surface area contributed by atoms with Crippen LogP contribution in [0.5, 0.6) is 0 Å². The van der Waals surface area contributed by atoms with Crippen molar-refractivity contribution < 1.29 is 5.21 Å².